The summed E-state index contributed by atoms with van der Waals surface area (Å²) in [7, 11) is 0. The predicted octanol–water partition coefficient (Wildman–Crippen LogP) is 3.77. The summed E-state index contributed by atoms with van der Waals surface area (Å²) >= 11 is 0. The lowest BCUT2D eigenvalue weighted by Crippen LogP contribution is -2.45. The van der Waals surface area contributed by atoms with Crippen molar-refractivity contribution in [1.82, 2.24) is 19.9 Å². The number of nitrogens with one attached hydrogen (secondary N) is 1. The average Bonchev–Trinajstić information content (AvgIpc) is 2.94. The van der Waals surface area contributed by atoms with E-state index < -0.39 is 0 Å². The molecule has 1 amide bonds. The van der Waals surface area contributed by atoms with E-state index in [0.717, 1.165) is 29.7 Å². The van der Waals surface area contributed by atoms with E-state index in [1.807, 2.05) is 78.6 Å². The molecule has 8 heteroatoms. The van der Waals surface area contributed by atoms with Gasteiger partial charge in [0.05, 0.1) is 19.1 Å². The van der Waals surface area contributed by atoms with Crippen LogP contribution in [-0.2, 0) is 17.9 Å². The first-order valence-corrected chi connectivity index (χ1v) is 12.8. The number of carbonyl (C=O) groups is 1. The number of benzene rings is 2. The maximum absolute atomic E-state index is 13.7. The van der Waals surface area contributed by atoms with Crippen molar-refractivity contribution in [2.24, 2.45) is 5.92 Å². The van der Waals surface area contributed by atoms with Crippen LogP contribution in [0.2, 0.25) is 0 Å². The second-order valence-electron chi connectivity index (χ2n) is 9.20. The maximum atomic E-state index is 13.7. The van der Waals surface area contributed by atoms with E-state index in [1.165, 1.54) is 0 Å². The second-order valence-corrected chi connectivity index (χ2v) is 9.20. The van der Waals surface area contributed by atoms with Gasteiger partial charge >= 0.3 is 0 Å². The number of anilines is 1. The molecule has 1 fully saturated rings. The standard InChI is InChI=1S/C29H31N5O3/c1-2-37-25-15-7-6-12-22(25)18-31-28(35)23-13-9-17-33(20-23)27-29(36)34(19-21-10-4-3-5-11-21)26-24(32-27)14-8-16-30-26/h3-8,10-12,14-16,23H,2,9,13,17-20H2,1H3,(H,31,35)/t23-/m0/s1. The third-order valence-electron chi connectivity index (χ3n) is 6.69. The van der Waals surface area contributed by atoms with Crippen LogP contribution in [0.25, 0.3) is 11.2 Å². The largest absolute Gasteiger partial charge is 0.494 e. The molecule has 1 atom stereocenters. The zero-order valence-corrected chi connectivity index (χ0v) is 21.0. The van der Waals surface area contributed by atoms with E-state index in [1.54, 1.807) is 10.8 Å². The minimum absolute atomic E-state index is 0.0249. The first-order valence-electron chi connectivity index (χ1n) is 12.8. The molecule has 2 aromatic heterocycles. The predicted molar refractivity (Wildman–Crippen MR) is 144 cm³/mol. The molecule has 0 radical (unpaired) electrons. The zero-order chi connectivity index (χ0) is 25.6. The summed E-state index contributed by atoms with van der Waals surface area (Å²) in [6.45, 7) is 4.43. The number of fused-ring (bicyclic) bond motifs is 1. The Morgan fingerprint density at radius 1 is 1.08 bits per heavy atom. The van der Waals surface area contributed by atoms with Gasteiger partial charge in [0.2, 0.25) is 5.91 Å². The molecular weight excluding hydrogens is 466 g/mol. The number of rotatable bonds is 8. The van der Waals surface area contributed by atoms with Crippen molar-refractivity contribution in [2.45, 2.75) is 32.9 Å². The summed E-state index contributed by atoms with van der Waals surface area (Å²) in [5, 5.41) is 3.07. The molecule has 0 aliphatic carbocycles. The number of piperidine rings is 1. The van der Waals surface area contributed by atoms with Crippen molar-refractivity contribution >= 4 is 22.9 Å². The molecular formula is C29H31N5O3. The van der Waals surface area contributed by atoms with Crippen LogP contribution in [0.5, 0.6) is 5.75 Å². The van der Waals surface area contributed by atoms with Crippen LogP contribution in [0.1, 0.15) is 30.9 Å². The monoisotopic (exact) mass is 497 g/mol. The molecule has 1 aliphatic rings. The molecule has 190 valence electrons. The van der Waals surface area contributed by atoms with Gasteiger partial charge in [0, 0.05) is 31.4 Å². The van der Waals surface area contributed by atoms with Crippen molar-refractivity contribution in [2.75, 3.05) is 24.6 Å². The molecule has 1 aliphatic heterocycles. The van der Waals surface area contributed by atoms with Gasteiger partial charge in [-0.15, -0.1) is 0 Å². The molecule has 4 aromatic rings. The molecule has 1 saturated heterocycles. The highest BCUT2D eigenvalue weighted by atomic mass is 16.5. The normalized spacial score (nSPS) is 15.5. The Kier molecular flexibility index (Phi) is 7.44. The number of hydrogen-bond donors (Lipinski definition) is 1. The van der Waals surface area contributed by atoms with Gasteiger partial charge in [0.15, 0.2) is 11.5 Å². The van der Waals surface area contributed by atoms with Crippen LogP contribution in [0, 0.1) is 5.92 Å². The van der Waals surface area contributed by atoms with Crippen molar-refractivity contribution in [3.05, 3.63) is 94.4 Å². The minimum atomic E-state index is -0.235. The molecule has 0 spiro atoms. The van der Waals surface area contributed by atoms with Crippen LogP contribution < -0.4 is 20.5 Å². The third kappa shape index (κ3) is 5.48. The van der Waals surface area contributed by atoms with Gasteiger partial charge in [0.25, 0.3) is 5.56 Å². The van der Waals surface area contributed by atoms with E-state index in [2.05, 4.69) is 10.3 Å². The van der Waals surface area contributed by atoms with Crippen molar-refractivity contribution < 1.29 is 9.53 Å². The lowest BCUT2D eigenvalue weighted by Gasteiger charge is -2.32. The van der Waals surface area contributed by atoms with Crippen LogP contribution in [0.4, 0.5) is 5.82 Å². The Morgan fingerprint density at radius 3 is 2.73 bits per heavy atom. The number of carbonyl (C=O) groups excluding carboxylic acids is 1. The van der Waals surface area contributed by atoms with Gasteiger partial charge in [-0.25, -0.2) is 9.97 Å². The van der Waals surface area contributed by atoms with E-state index in [4.69, 9.17) is 9.72 Å². The van der Waals surface area contributed by atoms with Gasteiger partial charge in [-0.2, -0.15) is 0 Å². The number of nitrogens with zero attached hydrogens (tertiary/aromatic N) is 4. The minimum Gasteiger partial charge on any atom is -0.494 e. The molecule has 37 heavy (non-hydrogen) atoms. The van der Waals surface area contributed by atoms with Crippen molar-refractivity contribution in [1.29, 1.82) is 0 Å². The number of amides is 1. The highest BCUT2D eigenvalue weighted by molar-refractivity contribution is 5.80. The third-order valence-corrected chi connectivity index (χ3v) is 6.69. The fraction of sp³-hybridized carbons (Fsp3) is 0.310. The molecule has 1 N–H and O–H groups in total. The van der Waals surface area contributed by atoms with E-state index in [0.29, 0.717) is 49.8 Å². The Labute approximate surface area is 215 Å². The molecule has 0 saturated carbocycles. The highest BCUT2D eigenvalue weighted by Gasteiger charge is 2.29. The van der Waals surface area contributed by atoms with Crippen molar-refractivity contribution in [3.63, 3.8) is 0 Å². The fourth-order valence-corrected chi connectivity index (χ4v) is 4.84. The summed E-state index contributed by atoms with van der Waals surface area (Å²) in [5.41, 5.74) is 2.98. The summed E-state index contributed by atoms with van der Waals surface area (Å²) in [4.78, 5) is 37.9. The van der Waals surface area contributed by atoms with Gasteiger partial charge in [-0.1, -0.05) is 48.5 Å². The number of ether oxygens (including phenoxy) is 1. The Bertz CT molecular complexity index is 1440. The van der Waals surface area contributed by atoms with Gasteiger partial charge < -0.3 is 15.0 Å². The number of pyridine rings is 1. The molecule has 0 unspecified atom stereocenters. The van der Waals surface area contributed by atoms with E-state index in [-0.39, 0.29) is 17.4 Å². The first-order chi connectivity index (χ1) is 18.1. The molecule has 2 aromatic carbocycles. The Morgan fingerprint density at radius 2 is 1.89 bits per heavy atom. The average molecular weight is 498 g/mol. The van der Waals surface area contributed by atoms with E-state index >= 15 is 0 Å². The smallest absolute Gasteiger partial charge is 0.295 e. The maximum Gasteiger partial charge on any atom is 0.295 e. The molecule has 0 bridgehead atoms. The summed E-state index contributed by atoms with van der Waals surface area (Å²) in [6.07, 6.45) is 3.25. The second kappa shape index (κ2) is 11.2. The van der Waals surface area contributed by atoms with Gasteiger partial charge in [0.1, 0.15) is 11.3 Å². The topological polar surface area (TPSA) is 89.3 Å². The van der Waals surface area contributed by atoms with Crippen LogP contribution in [0.15, 0.2) is 77.7 Å². The first kappa shape index (κ1) is 24.5. The van der Waals surface area contributed by atoms with E-state index in [9.17, 15) is 9.59 Å². The van der Waals surface area contributed by atoms with Crippen LogP contribution in [0.3, 0.4) is 0 Å². The lowest BCUT2D eigenvalue weighted by atomic mass is 9.97. The zero-order valence-electron chi connectivity index (χ0n) is 21.0. The number of para-hydroxylation sites is 1. The Balaban J connectivity index is 1.36. The highest BCUT2D eigenvalue weighted by Crippen LogP contribution is 2.23. The number of hydrogen-bond acceptors (Lipinski definition) is 6. The Hall–Kier alpha value is -4.20. The number of aromatic nitrogens is 3. The van der Waals surface area contributed by atoms with Crippen molar-refractivity contribution in [3.8, 4) is 5.75 Å². The molecule has 3 heterocycles. The molecule has 5 rings (SSSR count). The summed E-state index contributed by atoms with van der Waals surface area (Å²) in [5.74, 6) is 0.892. The van der Waals surface area contributed by atoms with Gasteiger partial charge in [-0.3, -0.25) is 14.2 Å². The van der Waals surface area contributed by atoms with Crippen LogP contribution >= 0.6 is 0 Å². The summed E-state index contributed by atoms with van der Waals surface area (Å²) in [6, 6.07) is 21.3. The van der Waals surface area contributed by atoms with Gasteiger partial charge in [-0.05, 0) is 43.5 Å². The fourth-order valence-electron chi connectivity index (χ4n) is 4.84. The SMILES string of the molecule is CCOc1ccccc1CNC(=O)[C@H]1CCCN(c2nc3cccnc3n(Cc3ccccc3)c2=O)C1. The summed E-state index contributed by atoms with van der Waals surface area (Å²) < 4.78 is 7.36. The molecule has 8 nitrogen and oxygen atoms in total. The lowest BCUT2D eigenvalue weighted by molar-refractivity contribution is -0.125. The quantitative estimate of drug-likeness (QED) is 0.399. The van der Waals surface area contributed by atoms with Crippen LogP contribution in [-0.4, -0.2) is 40.1 Å².